The standard InChI is InChI=1S/C14H17FN2O/c1-7(2)16-14(18)12-9(4)17-13-8(3)5-10(15)6-11(12)13/h5-7,17H,1-4H3,(H,16,18). The molecule has 2 N–H and O–H groups in total. The van der Waals surface area contributed by atoms with E-state index in [9.17, 15) is 9.18 Å². The largest absolute Gasteiger partial charge is 0.358 e. The summed E-state index contributed by atoms with van der Waals surface area (Å²) in [7, 11) is 0. The fourth-order valence-corrected chi connectivity index (χ4v) is 2.19. The molecule has 0 bridgehead atoms. The maximum absolute atomic E-state index is 13.5. The topological polar surface area (TPSA) is 44.9 Å². The van der Waals surface area contributed by atoms with E-state index in [1.807, 2.05) is 27.7 Å². The number of aromatic nitrogens is 1. The van der Waals surface area contributed by atoms with Crippen molar-refractivity contribution < 1.29 is 9.18 Å². The van der Waals surface area contributed by atoms with Gasteiger partial charge in [-0.15, -0.1) is 0 Å². The molecule has 0 saturated heterocycles. The first-order valence-corrected chi connectivity index (χ1v) is 5.99. The van der Waals surface area contributed by atoms with E-state index in [2.05, 4.69) is 10.3 Å². The van der Waals surface area contributed by atoms with Crippen molar-refractivity contribution in [1.29, 1.82) is 0 Å². The Morgan fingerprint density at radius 1 is 1.33 bits per heavy atom. The van der Waals surface area contributed by atoms with Crippen molar-refractivity contribution in [3.63, 3.8) is 0 Å². The molecule has 18 heavy (non-hydrogen) atoms. The van der Waals surface area contributed by atoms with E-state index in [4.69, 9.17) is 0 Å². The molecule has 4 heteroatoms. The number of amides is 1. The second-order valence-corrected chi connectivity index (χ2v) is 4.90. The van der Waals surface area contributed by atoms with Gasteiger partial charge in [0.2, 0.25) is 0 Å². The number of carbonyl (C=O) groups is 1. The fraction of sp³-hybridized carbons (Fsp3) is 0.357. The van der Waals surface area contributed by atoms with Crippen molar-refractivity contribution in [3.8, 4) is 0 Å². The summed E-state index contributed by atoms with van der Waals surface area (Å²) in [4.78, 5) is 15.3. The van der Waals surface area contributed by atoms with Gasteiger partial charge in [-0.2, -0.15) is 0 Å². The van der Waals surface area contributed by atoms with Gasteiger partial charge in [0.15, 0.2) is 0 Å². The van der Waals surface area contributed by atoms with E-state index in [0.29, 0.717) is 10.9 Å². The lowest BCUT2D eigenvalue weighted by Crippen LogP contribution is -2.30. The molecule has 1 aromatic heterocycles. The van der Waals surface area contributed by atoms with Gasteiger partial charge < -0.3 is 10.3 Å². The molecule has 0 fully saturated rings. The lowest BCUT2D eigenvalue weighted by Gasteiger charge is -2.08. The number of nitrogens with one attached hydrogen (secondary N) is 2. The summed E-state index contributed by atoms with van der Waals surface area (Å²) < 4.78 is 13.5. The van der Waals surface area contributed by atoms with Gasteiger partial charge in [-0.05, 0) is 45.4 Å². The molecular weight excluding hydrogens is 231 g/mol. The Bertz CT molecular complexity index is 614. The average Bonchev–Trinajstić information content (AvgIpc) is 2.53. The maximum atomic E-state index is 13.5. The minimum Gasteiger partial charge on any atom is -0.358 e. The fourth-order valence-electron chi connectivity index (χ4n) is 2.19. The van der Waals surface area contributed by atoms with Gasteiger partial charge in [0.1, 0.15) is 5.82 Å². The van der Waals surface area contributed by atoms with Crippen LogP contribution in [-0.2, 0) is 0 Å². The van der Waals surface area contributed by atoms with E-state index in [1.54, 1.807) is 0 Å². The van der Waals surface area contributed by atoms with Crippen LogP contribution < -0.4 is 5.32 Å². The Kier molecular flexibility index (Phi) is 3.11. The number of benzene rings is 1. The first-order chi connectivity index (χ1) is 8.40. The number of aryl methyl sites for hydroxylation is 2. The van der Waals surface area contributed by atoms with Crippen molar-refractivity contribution in [2.24, 2.45) is 0 Å². The third-order valence-electron chi connectivity index (χ3n) is 2.90. The number of halogens is 1. The van der Waals surface area contributed by atoms with Crippen LogP contribution in [0.4, 0.5) is 4.39 Å². The predicted molar refractivity (Wildman–Crippen MR) is 70.3 cm³/mol. The van der Waals surface area contributed by atoms with Crippen LogP contribution in [0.1, 0.15) is 35.5 Å². The number of fused-ring (bicyclic) bond motifs is 1. The average molecular weight is 248 g/mol. The van der Waals surface area contributed by atoms with Crippen LogP contribution in [-0.4, -0.2) is 16.9 Å². The van der Waals surface area contributed by atoms with Crippen LogP contribution in [0.3, 0.4) is 0 Å². The zero-order valence-electron chi connectivity index (χ0n) is 11.0. The number of rotatable bonds is 2. The van der Waals surface area contributed by atoms with Crippen LogP contribution in [0, 0.1) is 19.7 Å². The van der Waals surface area contributed by atoms with Crippen molar-refractivity contribution in [3.05, 3.63) is 34.8 Å². The number of carbonyl (C=O) groups excluding carboxylic acids is 1. The summed E-state index contributed by atoms with van der Waals surface area (Å²) in [6.45, 7) is 7.44. The molecule has 0 spiro atoms. The monoisotopic (exact) mass is 248 g/mol. The van der Waals surface area contributed by atoms with E-state index in [-0.39, 0.29) is 17.8 Å². The number of H-pyrrole nitrogens is 1. The van der Waals surface area contributed by atoms with Crippen molar-refractivity contribution in [2.75, 3.05) is 0 Å². The second-order valence-electron chi connectivity index (χ2n) is 4.90. The normalized spacial score (nSPS) is 11.2. The number of hydrogen-bond donors (Lipinski definition) is 2. The summed E-state index contributed by atoms with van der Waals surface area (Å²) in [5.74, 6) is -0.489. The van der Waals surface area contributed by atoms with E-state index in [0.717, 1.165) is 16.8 Å². The summed E-state index contributed by atoms with van der Waals surface area (Å²) in [6, 6.07) is 2.92. The number of hydrogen-bond acceptors (Lipinski definition) is 1. The highest BCUT2D eigenvalue weighted by molar-refractivity contribution is 6.08. The van der Waals surface area contributed by atoms with Crippen LogP contribution >= 0.6 is 0 Å². The molecule has 1 amide bonds. The minimum atomic E-state index is -0.322. The van der Waals surface area contributed by atoms with E-state index >= 15 is 0 Å². The van der Waals surface area contributed by atoms with Crippen molar-refractivity contribution in [2.45, 2.75) is 33.7 Å². The van der Waals surface area contributed by atoms with Gasteiger partial charge in [-0.1, -0.05) is 0 Å². The molecule has 0 atom stereocenters. The highest BCUT2D eigenvalue weighted by atomic mass is 19.1. The lowest BCUT2D eigenvalue weighted by atomic mass is 10.1. The highest BCUT2D eigenvalue weighted by Crippen LogP contribution is 2.26. The number of aromatic amines is 1. The summed E-state index contributed by atoms with van der Waals surface area (Å²) >= 11 is 0. The van der Waals surface area contributed by atoms with Crippen LogP contribution in [0.2, 0.25) is 0 Å². The third-order valence-corrected chi connectivity index (χ3v) is 2.90. The Hall–Kier alpha value is -1.84. The van der Waals surface area contributed by atoms with Gasteiger partial charge in [0.05, 0.1) is 5.56 Å². The van der Waals surface area contributed by atoms with Gasteiger partial charge in [-0.25, -0.2) is 4.39 Å². The quantitative estimate of drug-likeness (QED) is 0.843. The SMILES string of the molecule is Cc1[nH]c2c(C)cc(F)cc2c1C(=O)NC(C)C. The summed E-state index contributed by atoms with van der Waals surface area (Å²) in [5.41, 5.74) is 2.91. The van der Waals surface area contributed by atoms with Crippen LogP contribution in [0.5, 0.6) is 0 Å². The molecule has 2 aromatic rings. The molecule has 0 saturated carbocycles. The molecule has 0 unspecified atom stereocenters. The molecule has 0 aliphatic rings. The highest BCUT2D eigenvalue weighted by Gasteiger charge is 2.18. The molecule has 3 nitrogen and oxygen atoms in total. The lowest BCUT2D eigenvalue weighted by molar-refractivity contribution is 0.0944. The molecule has 2 rings (SSSR count). The maximum Gasteiger partial charge on any atom is 0.253 e. The first-order valence-electron chi connectivity index (χ1n) is 5.99. The Balaban J connectivity index is 2.63. The summed E-state index contributed by atoms with van der Waals surface area (Å²) in [5, 5.41) is 3.48. The molecule has 1 aromatic carbocycles. The van der Waals surface area contributed by atoms with Crippen LogP contribution in [0.25, 0.3) is 10.9 Å². The molecular formula is C14H17FN2O. The molecule has 0 aliphatic carbocycles. The zero-order valence-corrected chi connectivity index (χ0v) is 11.0. The summed E-state index contributed by atoms with van der Waals surface area (Å²) in [6.07, 6.45) is 0. The Morgan fingerprint density at radius 3 is 2.61 bits per heavy atom. The minimum absolute atomic E-state index is 0.0523. The van der Waals surface area contributed by atoms with E-state index < -0.39 is 0 Å². The molecule has 1 heterocycles. The van der Waals surface area contributed by atoms with Crippen LogP contribution in [0.15, 0.2) is 12.1 Å². The van der Waals surface area contributed by atoms with Crippen molar-refractivity contribution >= 4 is 16.8 Å². The first kappa shape index (κ1) is 12.6. The zero-order chi connectivity index (χ0) is 13.4. The predicted octanol–water partition coefficient (Wildman–Crippen LogP) is 3.06. The second kappa shape index (κ2) is 4.44. The van der Waals surface area contributed by atoms with Gasteiger partial charge in [0, 0.05) is 22.6 Å². The van der Waals surface area contributed by atoms with Crippen molar-refractivity contribution in [1.82, 2.24) is 10.3 Å². The molecule has 96 valence electrons. The van der Waals surface area contributed by atoms with Gasteiger partial charge in [-0.3, -0.25) is 4.79 Å². The third kappa shape index (κ3) is 2.10. The molecule has 0 aliphatic heterocycles. The smallest absolute Gasteiger partial charge is 0.253 e. The molecule has 0 radical (unpaired) electrons. The van der Waals surface area contributed by atoms with Gasteiger partial charge >= 0.3 is 0 Å². The Morgan fingerprint density at radius 2 is 2.00 bits per heavy atom. The Labute approximate surface area is 105 Å². The van der Waals surface area contributed by atoms with Gasteiger partial charge in [0.25, 0.3) is 5.91 Å². The van der Waals surface area contributed by atoms with E-state index in [1.165, 1.54) is 12.1 Å².